The highest BCUT2D eigenvalue weighted by atomic mass is 16.5. The summed E-state index contributed by atoms with van der Waals surface area (Å²) in [5.41, 5.74) is 4.17. The summed E-state index contributed by atoms with van der Waals surface area (Å²) in [5.74, 6) is 2.21. The van der Waals surface area contributed by atoms with E-state index in [0.29, 0.717) is 24.7 Å². The number of piperidine rings is 1. The summed E-state index contributed by atoms with van der Waals surface area (Å²) < 4.78 is 5.94. The van der Waals surface area contributed by atoms with Crippen LogP contribution in [-0.4, -0.2) is 39.0 Å². The number of hydrogen-bond donors (Lipinski definition) is 1. The molecule has 2 amide bonds. The number of rotatable bonds is 4. The Balaban J connectivity index is 1.38. The van der Waals surface area contributed by atoms with E-state index in [1.54, 1.807) is 18.6 Å². The van der Waals surface area contributed by atoms with Crippen molar-refractivity contribution < 1.29 is 9.53 Å². The van der Waals surface area contributed by atoms with E-state index < -0.39 is 0 Å². The van der Waals surface area contributed by atoms with Crippen molar-refractivity contribution in [3.8, 4) is 11.5 Å². The normalized spacial score (nSPS) is 17.3. The van der Waals surface area contributed by atoms with Gasteiger partial charge in [0.25, 0.3) is 0 Å². The summed E-state index contributed by atoms with van der Waals surface area (Å²) in [5, 5.41) is 2.83. The highest BCUT2D eigenvalue weighted by Crippen LogP contribution is 2.27. The summed E-state index contributed by atoms with van der Waals surface area (Å²) in [7, 11) is 0. The van der Waals surface area contributed by atoms with Crippen molar-refractivity contribution in [2.24, 2.45) is 5.92 Å². The average Bonchev–Trinajstić information content (AvgIpc) is 2.78. The third-order valence-corrected chi connectivity index (χ3v) is 5.43. The van der Waals surface area contributed by atoms with Gasteiger partial charge in [0.05, 0.1) is 24.3 Å². The number of nitrogens with zero attached hydrogens (tertiary/aromatic N) is 4. The fourth-order valence-electron chi connectivity index (χ4n) is 3.63. The number of carbonyl (C=O) groups excluding carboxylic acids is 1. The minimum Gasteiger partial charge on any atom is -0.456 e. The van der Waals surface area contributed by atoms with Crippen LogP contribution in [0.1, 0.15) is 30.3 Å². The number of likely N-dealkylation sites (tertiary alicyclic amines) is 1. The lowest BCUT2D eigenvalue weighted by atomic mass is 9.91. The Morgan fingerprint density at radius 3 is 2.62 bits per heavy atom. The monoisotopic (exact) mass is 429 g/mol. The number of urea groups is 1. The molecular weight excluding hydrogens is 402 g/mol. The number of anilines is 1. The predicted octanol–water partition coefficient (Wildman–Crippen LogP) is 5.24. The SMILES string of the molecule is Cc1ccc(Oc2cccc(C=C3CCN(C(=O)Nc4cnc(C)cn4)CC3C)c2)cn1. The largest absolute Gasteiger partial charge is 0.456 e. The van der Waals surface area contributed by atoms with Gasteiger partial charge < -0.3 is 9.64 Å². The number of benzene rings is 1. The number of ether oxygens (including phenoxy) is 1. The van der Waals surface area contributed by atoms with Gasteiger partial charge in [-0.15, -0.1) is 0 Å². The molecule has 1 aliphatic rings. The van der Waals surface area contributed by atoms with Gasteiger partial charge >= 0.3 is 6.03 Å². The summed E-state index contributed by atoms with van der Waals surface area (Å²) in [6, 6.07) is 11.7. The van der Waals surface area contributed by atoms with Crippen LogP contribution in [-0.2, 0) is 0 Å². The summed E-state index contributed by atoms with van der Waals surface area (Å²) in [6.45, 7) is 7.27. The molecule has 1 aliphatic heterocycles. The molecule has 7 heteroatoms. The molecule has 0 saturated carbocycles. The van der Waals surface area contributed by atoms with Gasteiger partial charge in [-0.25, -0.2) is 9.78 Å². The first-order chi connectivity index (χ1) is 15.5. The standard InChI is InChI=1S/C25H27N5O2/c1-17-16-30(25(31)29-24-15-27-19(3)13-28-24)10-9-21(17)11-20-5-4-6-22(12-20)32-23-8-7-18(2)26-14-23/h4-8,11-15,17H,9-10,16H2,1-3H3,(H,28,29,31). The van der Waals surface area contributed by atoms with Gasteiger partial charge in [0.1, 0.15) is 11.5 Å². The molecule has 0 spiro atoms. The van der Waals surface area contributed by atoms with Crippen LogP contribution in [0, 0.1) is 19.8 Å². The molecule has 1 fully saturated rings. The van der Waals surface area contributed by atoms with Gasteiger partial charge in [-0.05, 0) is 56.0 Å². The molecule has 3 heterocycles. The average molecular weight is 430 g/mol. The zero-order valence-corrected chi connectivity index (χ0v) is 18.6. The molecule has 0 aliphatic carbocycles. The minimum absolute atomic E-state index is 0.142. The molecule has 1 unspecified atom stereocenters. The molecule has 0 bridgehead atoms. The lowest BCUT2D eigenvalue weighted by Gasteiger charge is -2.33. The first-order valence-corrected chi connectivity index (χ1v) is 10.7. The van der Waals surface area contributed by atoms with E-state index in [9.17, 15) is 4.79 Å². The third-order valence-electron chi connectivity index (χ3n) is 5.43. The maximum atomic E-state index is 12.6. The van der Waals surface area contributed by atoms with E-state index in [4.69, 9.17) is 4.74 Å². The molecular formula is C25H27N5O2. The number of hydrogen-bond acceptors (Lipinski definition) is 5. The molecule has 0 radical (unpaired) electrons. The van der Waals surface area contributed by atoms with Crippen LogP contribution < -0.4 is 10.1 Å². The van der Waals surface area contributed by atoms with Crippen molar-refractivity contribution in [1.82, 2.24) is 19.9 Å². The first kappa shape index (κ1) is 21.5. The second-order valence-corrected chi connectivity index (χ2v) is 8.10. The van der Waals surface area contributed by atoms with E-state index in [2.05, 4.69) is 39.3 Å². The van der Waals surface area contributed by atoms with Gasteiger partial charge in [0, 0.05) is 18.8 Å². The lowest BCUT2D eigenvalue weighted by Crippen LogP contribution is -2.42. The van der Waals surface area contributed by atoms with Gasteiger partial charge in [0.15, 0.2) is 5.82 Å². The van der Waals surface area contributed by atoms with Crippen LogP contribution in [0.3, 0.4) is 0 Å². The molecule has 32 heavy (non-hydrogen) atoms. The van der Waals surface area contributed by atoms with Crippen molar-refractivity contribution >= 4 is 17.9 Å². The fraction of sp³-hybridized carbons (Fsp3) is 0.280. The number of nitrogens with one attached hydrogen (secondary N) is 1. The highest BCUT2D eigenvalue weighted by Gasteiger charge is 2.24. The van der Waals surface area contributed by atoms with E-state index in [-0.39, 0.29) is 11.9 Å². The summed E-state index contributed by atoms with van der Waals surface area (Å²) >= 11 is 0. The Bertz CT molecular complexity index is 1110. The van der Waals surface area contributed by atoms with Crippen LogP contribution in [0.4, 0.5) is 10.6 Å². The Labute approximate surface area is 188 Å². The van der Waals surface area contributed by atoms with Gasteiger partial charge in [0.2, 0.25) is 0 Å². The molecule has 7 nitrogen and oxygen atoms in total. The summed E-state index contributed by atoms with van der Waals surface area (Å²) in [4.78, 5) is 27.1. The number of amides is 2. The number of aromatic nitrogens is 3. The lowest BCUT2D eigenvalue weighted by molar-refractivity contribution is 0.197. The molecule has 1 N–H and O–H groups in total. The number of aryl methyl sites for hydroxylation is 2. The third kappa shape index (κ3) is 5.49. The molecule has 2 aromatic heterocycles. The quantitative estimate of drug-likeness (QED) is 0.614. The zero-order valence-electron chi connectivity index (χ0n) is 18.6. The van der Waals surface area contributed by atoms with Gasteiger partial charge in [-0.3, -0.25) is 15.3 Å². The van der Waals surface area contributed by atoms with Crippen molar-refractivity contribution in [3.05, 3.63) is 77.5 Å². The van der Waals surface area contributed by atoms with E-state index in [0.717, 1.165) is 29.1 Å². The van der Waals surface area contributed by atoms with E-state index in [1.165, 1.54) is 5.57 Å². The second-order valence-electron chi connectivity index (χ2n) is 8.10. The fourth-order valence-corrected chi connectivity index (χ4v) is 3.63. The first-order valence-electron chi connectivity index (χ1n) is 10.7. The Morgan fingerprint density at radius 2 is 1.91 bits per heavy atom. The molecule has 1 atom stereocenters. The van der Waals surface area contributed by atoms with Crippen LogP contribution in [0.5, 0.6) is 11.5 Å². The molecule has 1 aromatic carbocycles. The minimum atomic E-state index is -0.142. The van der Waals surface area contributed by atoms with Crippen molar-refractivity contribution in [2.45, 2.75) is 27.2 Å². The van der Waals surface area contributed by atoms with E-state index in [1.807, 2.05) is 49.1 Å². The topological polar surface area (TPSA) is 80.2 Å². The Kier molecular flexibility index (Phi) is 6.44. The smallest absolute Gasteiger partial charge is 0.323 e. The van der Waals surface area contributed by atoms with Crippen LogP contribution >= 0.6 is 0 Å². The predicted molar refractivity (Wildman–Crippen MR) is 125 cm³/mol. The van der Waals surface area contributed by atoms with Crippen molar-refractivity contribution in [2.75, 3.05) is 18.4 Å². The second kappa shape index (κ2) is 9.60. The Hall–Kier alpha value is -3.74. The van der Waals surface area contributed by atoms with Crippen LogP contribution in [0.25, 0.3) is 6.08 Å². The van der Waals surface area contributed by atoms with E-state index >= 15 is 0 Å². The molecule has 164 valence electrons. The molecule has 3 aromatic rings. The highest BCUT2D eigenvalue weighted by molar-refractivity contribution is 5.88. The summed E-state index contributed by atoms with van der Waals surface area (Å²) in [6.07, 6.45) is 7.97. The van der Waals surface area contributed by atoms with Crippen molar-refractivity contribution in [3.63, 3.8) is 0 Å². The van der Waals surface area contributed by atoms with Crippen LogP contribution in [0.15, 0.2) is 60.6 Å². The van der Waals surface area contributed by atoms with Crippen LogP contribution in [0.2, 0.25) is 0 Å². The van der Waals surface area contributed by atoms with Gasteiger partial charge in [-0.2, -0.15) is 0 Å². The maximum Gasteiger partial charge on any atom is 0.323 e. The maximum absolute atomic E-state index is 12.6. The molecule has 1 saturated heterocycles. The molecule has 4 rings (SSSR count). The number of carbonyl (C=O) groups is 1. The zero-order chi connectivity index (χ0) is 22.5. The number of pyridine rings is 1. The van der Waals surface area contributed by atoms with Crippen molar-refractivity contribution in [1.29, 1.82) is 0 Å². The van der Waals surface area contributed by atoms with Gasteiger partial charge in [-0.1, -0.05) is 30.7 Å². The Morgan fingerprint density at radius 1 is 1.06 bits per heavy atom.